The number of carbonyl (C=O) groups is 2. The molecule has 4 rings (SSSR count). The summed E-state index contributed by atoms with van der Waals surface area (Å²) in [7, 11) is -2.03. The van der Waals surface area contributed by atoms with E-state index >= 15 is 0 Å². The topological polar surface area (TPSA) is 102 Å². The van der Waals surface area contributed by atoms with Crippen molar-refractivity contribution in [2.75, 3.05) is 6.61 Å². The number of ether oxygens (including phenoxy) is 2. The molecule has 4 aliphatic rings. The molecule has 198 valence electrons. The van der Waals surface area contributed by atoms with Crippen LogP contribution in [0.3, 0.4) is 0 Å². The van der Waals surface area contributed by atoms with Crippen LogP contribution < -0.4 is 0 Å². The van der Waals surface area contributed by atoms with Gasteiger partial charge in [-0.25, -0.2) is 0 Å². The number of hydrogen-bond acceptors (Lipinski definition) is 7. The Bertz CT molecular complexity index is 967. The molecular formula is C27H44O7Si. The van der Waals surface area contributed by atoms with Gasteiger partial charge in [-0.3, -0.25) is 9.59 Å². The molecule has 0 spiro atoms. The number of esters is 1. The number of fused-ring (bicyclic) bond motifs is 5. The van der Waals surface area contributed by atoms with Gasteiger partial charge < -0.3 is 24.1 Å². The Morgan fingerprint density at radius 2 is 1.74 bits per heavy atom. The fourth-order valence-corrected chi connectivity index (χ4v) is 9.13. The van der Waals surface area contributed by atoms with E-state index in [9.17, 15) is 19.8 Å². The van der Waals surface area contributed by atoms with Crippen molar-refractivity contribution in [3.63, 3.8) is 0 Å². The van der Waals surface area contributed by atoms with Crippen molar-refractivity contribution in [1.29, 1.82) is 0 Å². The molecule has 8 heteroatoms. The second-order valence-electron chi connectivity index (χ2n) is 13.4. The van der Waals surface area contributed by atoms with E-state index in [1.165, 1.54) is 6.92 Å². The lowest BCUT2D eigenvalue weighted by molar-refractivity contribution is -0.338. The van der Waals surface area contributed by atoms with E-state index in [1.54, 1.807) is 0 Å². The predicted octanol–water partition coefficient (Wildman–Crippen LogP) is 3.63. The minimum Gasteiger partial charge on any atom is -0.459 e. The summed E-state index contributed by atoms with van der Waals surface area (Å²) in [6.07, 6.45) is -1.21. The van der Waals surface area contributed by atoms with E-state index in [4.69, 9.17) is 13.9 Å². The van der Waals surface area contributed by atoms with Gasteiger partial charge in [-0.15, -0.1) is 0 Å². The summed E-state index contributed by atoms with van der Waals surface area (Å²) in [5.74, 6) is -1.96. The normalized spacial score (nSPS) is 47.1. The van der Waals surface area contributed by atoms with Gasteiger partial charge in [0.1, 0.15) is 23.1 Å². The van der Waals surface area contributed by atoms with E-state index in [2.05, 4.69) is 19.6 Å². The van der Waals surface area contributed by atoms with Gasteiger partial charge in [0.25, 0.3) is 0 Å². The zero-order valence-electron chi connectivity index (χ0n) is 23.0. The molecule has 0 aromatic rings. The number of carbonyl (C=O) groups excluding carboxylic acids is 2. The summed E-state index contributed by atoms with van der Waals surface area (Å²) < 4.78 is 18.4. The Morgan fingerprint density at radius 1 is 1.14 bits per heavy atom. The first-order valence-corrected chi connectivity index (χ1v) is 16.4. The van der Waals surface area contributed by atoms with Gasteiger partial charge in [0, 0.05) is 36.0 Å². The molecule has 3 fully saturated rings. The largest absolute Gasteiger partial charge is 0.459 e. The van der Waals surface area contributed by atoms with Gasteiger partial charge in [0.15, 0.2) is 8.32 Å². The van der Waals surface area contributed by atoms with Crippen molar-refractivity contribution in [1.82, 2.24) is 0 Å². The van der Waals surface area contributed by atoms with Crippen LogP contribution in [0.15, 0.2) is 11.1 Å². The van der Waals surface area contributed by atoms with Gasteiger partial charge in [0.05, 0.1) is 18.8 Å². The SMILES string of the molecule is CC(=O)O[C@H]1C2[C@]3(O)CO[C@@H]3C[C@H](C)[C@@]2(C)C(=O)[C@H](C)C2=C(C)[C@@H](O[Si](C)(C)C)C[C@]1(O)C2(C)C. The summed E-state index contributed by atoms with van der Waals surface area (Å²) in [6, 6.07) is 0. The lowest BCUT2D eigenvalue weighted by atomic mass is 9.42. The minimum atomic E-state index is -2.03. The third-order valence-electron chi connectivity index (χ3n) is 9.93. The van der Waals surface area contributed by atoms with E-state index < -0.39 is 66.5 Å². The van der Waals surface area contributed by atoms with Crippen LogP contribution in [-0.4, -0.2) is 66.4 Å². The van der Waals surface area contributed by atoms with Gasteiger partial charge in [-0.2, -0.15) is 0 Å². The number of ketones is 1. The van der Waals surface area contributed by atoms with Gasteiger partial charge >= 0.3 is 5.97 Å². The number of rotatable bonds is 3. The Labute approximate surface area is 210 Å². The molecule has 3 aliphatic carbocycles. The van der Waals surface area contributed by atoms with Crippen LogP contribution in [0.5, 0.6) is 0 Å². The summed E-state index contributed by atoms with van der Waals surface area (Å²) in [6.45, 7) is 19.4. The van der Waals surface area contributed by atoms with Crippen LogP contribution in [-0.2, 0) is 23.5 Å². The zero-order chi connectivity index (χ0) is 26.5. The van der Waals surface area contributed by atoms with Crippen molar-refractivity contribution in [3.8, 4) is 0 Å². The van der Waals surface area contributed by atoms with Crippen LogP contribution in [0.25, 0.3) is 0 Å². The highest BCUT2D eigenvalue weighted by Crippen LogP contribution is 2.65. The summed E-state index contributed by atoms with van der Waals surface area (Å²) in [5.41, 5.74) is -3.00. The molecule has 2 N–H and O–H groups in total. The van der Waals surface area contributed by atoms with E-state index in [0.717, 1.165) is 11.1 Å². The molecule has 35 heavy (non-hydrogen) atoms. The average molecular weight is 509 g/mol. The van der Waals surface area contributed by atoms with Crippen LogP contribution in [0, 0.1) is 28.6 Å². The third kappa shape index (κ3) is 3.57. The standard InChI is InChI=1S/C27H44O7Si/c1-14-11-19-26(30,13-32-19)21-23(33-17(4)28)27(31)12-18(34-35(8,9)10)15(2)20(24(27,5)6)16(3)22(29)25(14,21)7/h14,16,18-19,21,23,30-31H,11-13H2,1-10H3/t14-,16+,18-,19+,21?,23-,25+,26-,27+/m0/s1. The molecule has 0 amide bonds. The predicted molar refractivity (Wildman–Crippen MR) is 134 cm³/mol. The molecule has 9 atom stereocenters. The maximum Gasteiger partial charge on any atom is 0.303 e. The fourth-order valence-electron chi connectivity index (χ4n) is 8.02. The number of aliphatic hydroxyl groups is 2. The highest BCUT2D eigenvalue weighted by Gasteiger charge is 2.75. The summed E-state index contributed by atoms with van der Waals surface area (Å²) >= 11 is 0. The number of hydrogen-bond donors (Lipinski definition) is 2. The average Bonchev–Trinajstić information content (AvgIpc) is 2.70. The van der Waals surface area contributed by atoms with Crippen LogP contribution in [0.4, 0.5) is 0 Å². The molecule has 1 heterocycles. The van der Waals surface area contributed by atoms with Crippen LogP contribution in [0.1, 0.15) is 61.3 Å². The molecule has 2 saturated carbocycles. The summed E-state index contributed by atoms with van der Waals surface area (Å²) in [4.78, 5) is 27.1. The van der Waals surface area contributed by atoms with Gasteiger partial charge in [-0.05, 0) is 50.0 Å². The Morgan fingerprint density at radius 3 is 2.23 bits per heavy atom. The fraction of sp³-hybridized carbons (Fsp3) is 0.852. The highest BCUT2D eigenvalue weighted by molar-refractivity contribution is 6.69. The lowest BCUT2D eigenvalue weighted by Gasteiger charge is -2.67. The zero-order valence-corrected chi connectivity index (χ0v) is 24.0. The Hall–Kier alpha value is -1.06. The first kappa shape index (κ1) is 27.0. The van der Waals surface area contributed by atoms with Crippen molar-refractivity contribution in [3.05, 3.63) is 11.1 Å². The van der Waals surface area contributed by atoms with Crippen molar-refractivity contribution in [2.24, 2.45) is 28.6 Å². The first-order chi connectivity index (χ1) is 15.8. The number of Topliss-reactive ketones (excluding diaryl/α,β-unsaturated/α-hetero) is 1. The second-order valence-corrected chi connectivity index (χ2v) is 17.8. The Balaban J connectivity index is 2.04. The van der Waals surface area contributed by atoms with Crippen LogP contribution >= 0.6 is 0 Å². The van der Waals surface area contributed by atoms with E-state index in [0.29, 0.717) is 6.42 Å². The smallest absolute Gasteiger partial charge is 0.303 e. The van der Waals surface area contributed by atoms with Gasteiger partial charge in [-0.1, -0.05) is 34.6 Å². The molecule has 0 radical (unpaired) electrons. The lowest BCUT2D eigenvalue weighted by Crippen LogP contribution is -2.79. The monoisotopic (exact) mass is 508 g/mol. The third-order valence-corrected chi connectivity index (χ3v) is 10.9. The van der Waals surface area contributed by atoms with Crippen molar-refractivity contribution in [2.45, 2.75) is 110 Å². The molecule has 0 aromatic carbocycles. The minimum absolute atomic E-state index is 0.0176. The second kappa shape index (κ2) is 7.97. The van der Waals surface area contributed by atoms with Crippen molar-refractivity contribution >= 4 is 20.1 Å². The van der Waals surface area contributed by atoms with Crippen LogP contribution in [0.2, 0.25) is 19.6 Å². The molecular weight excluding hydrogens is 464 g/mol. The quantitative estimate of drug-likeness (QED) is 0.341. The Kier molecular flexibility index (Phi) is 6.14. The molecule has 1 saturated heterocycles. The maximum atomic E-state index is 14.5. The van der Waals surface area contributed by atoms with Crippen molar-refractivity contribution < 1.29 is 33.7 Å². The molecule has 1 unspecified atom stereocenters. The maximum absolute atomic E-state index is 14.5. The highest BCUT2D eigenvalue weighted by atomic mass is 28.4. The summed E-state index contributed by atoms with van der Waals surface area (Å²) in [5, 5.41) is 24.8. The molecule has 7 nitrogen and oxygen atoms in total. The first-order valence-electron chi connectivity index (χ1n) is 13.0. The van der Waals surface area contributed by atoms with E-state index in [1.807, 2.05) is 41.5 Å². The molecule has 0 aromatic heterocycles. The van der Waals surface area contributed by atoms with Gasteiger partial charge in [0.2, 0.25) is 0 Å². The van der Waals surface area contributed by atoms with E-state index in [-0.39, 0.29) is 24.7 Å². The molecule has 2 bridgehead atoms. The molecule has 1 aliphatic heterocycles.